The van der Waals surface area contributed by atoms with Crippen molar-refractivity contribution in [3.05, 3.63) is 63.3 Å². The van der Waals surface area contributed by atoms with Gasteiger partial charge in [0, 0.05) is 17.6 Å². The first kappa shape index (κ1) is 16.3. The Morgan fingerprint density at radius 1 is 1.29 bits per heavy atom. The monoisotopic (exact) mass is 370 g/mol. The Morgan fingerprint density at radius 3 is 2.57 bits per heavy atom. The van der Waals surface area contributed by atoms with E-state index in [1.165, 1.54) is 6.07 Å². The van der Waals surface area contributed by atoms with Gasteiger partial charge in [0.2, 0.25) is 0 Å². The molecule has 0 fully saturated rings. The molecule has 2 nitrogen and oxygen atoms in total. The Kier molecular flexibility index (Phi) is 5.62. The lowest BCUT2D eigenvalue weighted by Gasteiger charge is -2.32. The minimum absolute atomic E-state index is 0.111. The van der Waals surface area contributed by atoms with Gasteiger partial charge in [-0.2, -0.15) is 0 Å². The lowest BCUT2D eigenvalue weighted by Crippen LogP contribution is -2.34. The highest BCUT2D eigenvalue weighted by Gasteiger charge is 2.21. The van der Waals surface area contributed by atoms with Crippen molar-refractivity contribution in [2.75, 3.05) is 18.0 Å². The van der Waals surface area contributed by atoms with Crippen LogP contribution in [0.2, 0.25) is 5.02 Å². The highest BCUT2D eigenvalue weighted by atomic mass is 79.9. The van der Waals surface area contributed by atoms with Crippen molar-refractivity contribution >= 4 is 33.2 Å². The van der Waals surface area contributed by atoms with Gasteiger partial charge in [0.15, 0.2) is 0 Å². The number of hydrogen-bond donors (Lipinski definition) is 1. The molecule has 0 heterocycles. The van der Waals surface area contributed by atoms with Crippen molar-refractivity contribution in [3.63, 3.8) is 0 Å². The maximum absolute atomic E-state index is 14.1. The van der Waals surface area contributed by atoms with Crippen molar-refractivity contribution in [1.82, 2.24) is 0 Å². The first-order valence-corrected chi connectivity index (χ1v) is 7.91. The van der Waals surface area contributed by atoms with Crippen LogP contribution in [0, 0.1) is 5.82 Å². The molecule has 0 saturated heterocycles. The zero-order valence-electron chi connectivity index (χ0n) is 11.7. The second-order valence-corrected chi connectivity index (χ2v) is 5.92. The zero-order chi connectivity index (χ0) is 15.4. The Bertz CT molecular complexity index is 621. The second kappa shape index (κ2) is 7.25. The van der Waals surface area contributed by atoms with E-state index >= 15 is 0 Å². The topological polar surface area (TPSA) is 29.3 Å². The van der Waals surface area contributed by atoms with Crippen molar-refractivity contribution < 1.29 is 4.39 Å². The van der Waals surface area contributed by atoms with E-state index < -0.39 is 0 Å². The number of nitrogens with zero attached hydrogens (tertiary/aromatic N) is 1. The van der Waals surface area contributed by atoms with Crippen LogP contribution in [-0.2, 0) is 0 Å². The molecule has 2 N–H and O–H groups in total. The van der Waals surface area contributed by atoms with Gasteiger partial charge in [-0.05, 0) is 52.7 Å². The summed E-state index contributed by atoms with van der Waals surface area (Å²) < 4.78 is 14.9. The van der Waals surface area contributed by atoms with Gasteiger partial charge in [0.1, 0.15) is 5.82 Å². The molecule has 0 spiro atoms. The van der Waals surface area contributed by atoms with E-state index in [4.69, 9.17) is 17.3 Å². The normalized spacial score (nSPS) is 12.2. The number of anilines is 1. The molecule has 0 bridgehead atoms. The molecule has 0 saturated carbocycles. The van der Waals surface area contributed by atoms with E-state index in [9.17, 15) is 4.39 Å². The number of halogens is 3. The highest BCUT2D eigenvalue weighted by molar-refractivity contribution is 9.10. The number of hydrogen-bond acceptors (Lipinski definition) is 2. The summed E-state index contributed by atoms with van der Waals surface area (Å²) in [6.45, 7) is 3.03. The van der Waals surface area contributed by atoms with E-state index in [1.54, 1.807) is 12.1 Å². The fourth-order valence-corrected chi connectivity index (χ4v) is 2.92. The van der Waals surface area contributed by atoms with Gasteiger partial charge in [-0.1, -0.05) is 29.8 Å². The van der Waals surface area contributed by atoms with Gasteiger partial charge in [0.05, 0.1) is 16.8 Å². The van der Waals surface area contributed by atoms with Crippen LogP contribution in [0.3, 0.4) is 0 Å². The summed E-state index contributed by atoms with van der Waals surface area (Å²) in [5.74, 6) is -0.245. The van der Waals surface area contributed by atoms with Crippen molar-refractivity contribution in [3.8, 4) is 0 Å². The molecule has 0 aromatic heterocycles. The van der Waals surface area contributed by atoms with Crippen LogP contribution in [0.5, 0.6) is 0 Å². The Balaban J connectivity index is 2.42. The molecule has 0 aliphatic heterocycles. The van der Waals surface area contributed by atoms with Gasteiger partial charge >= 0.3 is 0 Å². The molecule has 5 heteroatoms. The summed E-state index contributed by atoms with van der Waals surface area (Å²) in [5.41, 5.74) is 7.50. The summed E-state index contributed by atoms with van der Waals surface area (Å²) in [5, 5.41) is 0.642. The maximum Gasteiger partial charge on any atom is 0.146 e. The summed E-state index contributed by atoms with van der Waals surface area (Å²) in [6.07, 6.45) is 0. The largest absolute Gasteiger partial charge is 0.361 e. The van der Waals surface area contributed by atoms with Crippen LogP contribution < -0.4 is 10.6 Å². The van der Waals surface area contributed by atoms with Crippen LogP contribution >= 0.6 is 27.5 Å². The number of benzene rings is 2. The zero-order valence-corrected chi connectivity index (χ0v) is 14.0. The maximum atomic E-state index is 14.1. The van der Waals surface area contributed by atoms with Crippen LogP contribution in [0.1, 0.15) is 18.5 Å². The molecule has 2 aromatic carbocycles. The van der Waals surface area contributed by atoms with Crippen LogP contribution in [0.15, 0.2) is 46.9 Å². The SMILES string of the molecule is CCN(c1ccccc1F)C(CN)c1ccc(Cl)c(Br)c1. The minimum Gasteiger partial charge on any atom is -0.361 e. The third-order valence-electron chi connectivity index (χ3n) is 3.43. The molecule has 0 aliphatic carbocycles. The van der Waals surface area contributed by atoms with E-state index in [2.05, 4.69) is 15.9 Å². The fraction of sp³-hybridized carbons (Fsp3) is 0.250. The van der Waals surface area contributed by atoms with E-state index in [1.807, 2.05) is 36.1 Å². The lowest BCUT2D eigenvalue weighted by atomic mass is 10.0. The highest BCUT2D eigenvalue weighted by Crippen LogP contribution is 2.32. The van der Waals surface area contributed by atoms with E-state index in [0.717, 1.165) is 10.0 Å². The number of nitrogens with two attached hydrogens (primary N) is 1. The van der Waals surface area contributed by atoms with Crippen LogP contribution in [-0.4, -0.2) is 13.1 Å². The lowest BCUT2D eigenvalue weighted by molar-refractivity contribution is 0.588. The smallest absolute Gasteiger partial charge is 0.146 e. The summed E-state index contributed by atoms with van der Waals surface area (Å²) >= 11 is 9.45. The molecule has 112 valence electrons. The van der Waals surface area contributed by atoms with Crippen LogP contribution in [0.25, 0.3) is 0 Å². The molecule has 1 unspecified atom stereocenters. The molecule has 0 aliphatic rings. The average molecular weight is 372 g/mol. The first-order chi connectivity index (χ1) is 10.1. The van der Waals surface area contributed by atoms with Crippen molar-refractivity contribution in [2.24, 2.45) is 5.73 Å². The number of para-hydroxylation sites is 1. The quantitative estimate of drug-likeness (QED) is 0.820. The molecule has 2 rings (SSSR count). The summed E-state index contributed by atoms with van der Waals surface area (Å²) in [4.78, 5) is 1.96. The summed E-state index contributed by atoms with van der Waals surface area (Å²) in [6, 6.07) is 12.3. The Hall–Kier alpha value is -1.10. The van der Waals surface area contributed by atoms with Gasteiger partial charge in [0.25, 0.3) is 0 Å². The fourth-order valence-electron chi connectivity index (χ4n) is 2.41. The van der Waals surface area contributed by atoms with Crippen LogP contribution in [0.4, 0.5) is 10.1 Å². The second-order valence-electron chi connectivity index (χ2n) is 4.66. The van der Waals surface area contributed by atoms with Crippen molar-refractivity contribution in [2.45, 2.75) is 13.0 Å². The van der Waals surface area contributed by atoms with Gasteiger partial charge in [-0.15, -0.1) is 0 Å². The number of rotatable bonds is 5. The van der Waals surface area contributed by atoms with Gasteiger partial charge in [-0.3, -0.25) is 0 Å². The summed E-state index contributed by atoms with van der Waals surface area (Å²) in [7, 11) is 0. The van der Waals surface area contributed by atoms with Gasteiger partial charge in [-0.25, -0.2) is 4.39 Å². The predicted molar refractivity (Wildman–Crippen MR) is 90.4 cm³/mol. The molecular formula is C16H17BrClFN2. The van der Waals surface area contributed by atoms with Gasteiger partial charge < -0.3 is 10.6 Å². The molecule has 1 atom stereocenters. The van der Waals surface area contributed by atoms with E-state index in [-0.39, 0.29) is 11.9 Å². The Labute approximate surface area is 137 Å². The Morgan fingerprint density at radius 2 is 2.00 bits per heavy atom. The molecular weight excluding hydrogens is 355 g/mol. The minimum atomic E-state index is -0.245. The molecule has 2 aromatic rings. The third kappa shape index (κ3) is 3.57. The number of likely N-dealkylation sites (N-methyl/N-ethyl adjacent to an activating group) is 1. The third-order valence-corrected chi connectivity index (χ3v) is 4.64. The standard InChI is InChI=1S/C16H17BrClFN2/c1-2-21(15-6-4-3-5-14(15)19)16(10-20)11-7-8-13(18)12(17)9-11/h3-9,16H,2,10,20H2,1H3. The molecule has 0 radical (unpaired) electrons. The molecule has 21 heavy (non-hydrogen) atoms. The predicted octanol–water partition coefficient (Wildman–Crippen LogP) is 4.77. The van der Waals surface area contributed by atoms with E-state index in [0.29, 0.717) is 23.8 Å². The first-order valence-electron chi connectivity index (χ1n) is 6.74. The van der Waals surface area contributed by atoms with Crippen molar-refractivity contribution in [1.29, 1.82) is 0 Å². The molecule has 0 amide bonds. The average Bonchev–Trinajstić information content (AvgIpc) is 2.49.